The van der Waals surface area contributed by atoms with Crippen LogP contribution in [0.3, 0.4) is 0 Å². The Morgan fingerprint density at radius 1 is 1.04 bits per heavy atom. The molecule has 0 atom stereocenters. The van der Waals surface area contributed by atoms with Gasteiger partial charge in [-0.2, -0.15) is 0 Å². The van der Waals surface area contributed by atoms with Crippen molar-refractivity contribution < 1.29 is 9.59 Å². The van der Waals surface area contributed by atoms with Crippen LogP contribution in [0.25, 0.3) is 6.08 Å². The van der Waals surface area contributed by atoms with Crippen LogP contribution in [0.1, 0.15) is 28.7 Å². The van der Waals surface area contributed by atoms with Crippen molar-refractivity contribution in [2.45, 2.75) is 25.7 Å². The summed E-state index contributed by atoms with van der Waals surface area (Å²) in [6.07, 6.45) is 8.09. The summed E-state index contributed by atoms with van der Waals surface area (Å²) in [5, 5.41) is 2.77. The summed E-state index contributed by atoms with van der Waals surface area (Å²) in [5.41, 5.74) is 4.58. The zero-order valence-corrected chi connectivity index (χ0v) is 14.6. The van der Waals surface area contributed by atoms with Gasteiger partial charge in [0, 0.05) is 31.8 Å². The first-order chi connectivity index (χ1) is 12.7. The minimum atomic E-state index is 0.00521. The van der Waals surface area contributed by atoms with Gasteiger partial charge in [-0.15, -0.1) is 0 Å². The van der Waals surface area contributed by atoms with Gasteiger partial charge < -0.3 is 10.2 Å². The Morgan fingerprint density at radius 3 is 2.50 bits per heavy atom. The average Bonchev–Trinajstić information content (AvgIpc) is 2.89. The molecule has 0 unspecified atom stereocenters. The standard InChI is InChI=1S/C21H21N3O2/c25-19-7-6-18-13-15(14-22-21(18)23-19)5-8-20(26)24-11-9-16-3-1-2-4-17(16)10-12-24/h1-5,8,13-14H,6-7,9-12H2,(H,22,23,25)/b8-5+. The number of pyridine rings is 1. The molecule has 1 aromatic carbocycles. The number of aromatic nitrogens is 1. The number of carbonyl (C=O) groups is 2. The van der Waals surface area contributed by atoms with E-state index in [0.29, 0.717) is 18.7 Å². The van der Waals surface area contributed by atoms with E-state index >= 15 is 0 Å². The number of nitrogens with one attached hydrogen (secondary N) is 1. The van der Waals surface area contributed by atoms with Gasteiger partial charge in [0.05, 0.1) is 0 Å². The van der Waals surface area contributed by atoms with E-state index in [1.807, 2.05) is 17.0 Å². The van der Waals surface area contributed by atoms with E-state index in [4.69, 9.17) is 0 Å². The van der Waals surface area contributed by atoms with Gasteiger partial charge >= 0.3 is 0 Å². The molecule has 2 aliphatic rings. The molecule has 0 bridgehead atoms. The highest BCUT2D eigenvalue weighted by molar-refractivity contribution is 5.93. The summed E-state index contributed by atoms with van der Waals surface area (Å²) in [4.78, 5) is 30.2. The topological polar surface area (TPSA) is 62.3 Å². The Bertz CT molecular complexity index is 862. The van der Waals surface area contributed by atoms with Crippen molar-refractivity contribution in [1.82, 2.24) is 9.88 Å². The highest BCUT2D eigenvalue weighted by atomic mass is 16.2. The van der Waals surface area contributed by atoms with Crippen molar-refractivity contribution in [3.8, 4) is 0 Å². The quantitative estimate of drug-likeness (QED) is 0.850. The van der Waals surface area contributed by atoms with E-state index in [1.54, 1.807) is 12.3 Å². The molecular weight excluding hydrogens is 326 g/mol. The second kappa shape index (κ2) is 7.12. The zero-order chi connectivity index (χ0) is 17.9. The molecule has 2 aromatic rings. The second-order valence-corrected chi connectivity index (χ2v) is 6.75. The Hall–Kier alpha value is -2.95. The van der Waals surface area contributed by atoms with Crippen LogP contribution in [0.15, 0.2) is 42.6 Å². The molecular formula is C21H21N3O2. The van der Waals surface area contributed by atoms with E-state index < -0.39 is 0 Å². The van der Waals surface area contributed by atoms with Crippen LogP contribution >= 0.6 is 0 Å². The third-order valence-electron chi connectivity index (χ3n) is 5.02. The van der Waals surface area contributed by atoms with Crippen LogP contribution in [-0.2, 0) is 28.9 Å². The number of rotatable bonds is 2. The summed E-state index contributed by atoms with van der Waals surface area (Å²) in [6, 6.07) is 10.4. The third-order valence-corrected chi connectivity index (χ3v) is 5.02. The van der Waals surface area contributed by atoms with Crippen LogP contribution in [-0.4, -0.2) is 34.8 Å². The lowest BCUT2D eigenvalue weighted by atomic mass is 10.0. The molecule has 5 nitrogen and oxygen atoms in total. The molecule has 0 saturated carbocycles. The number of aryl methyl sites for hydroxylation is 1. The average molecular weight is 347 g/mol. The summed E-state index contributed by atoms with van der Waals surface area (Å²) < 4.78 is 0. The molecule has 0 fully saturated rings. The maximum Gasteiger partial charge on any atom is 0.246 e. The number of anilines is 1. The molecule has 0 radical (unpaired) electrons. The van der Waals surface area contributed by atoms with Crippen molar-refractivity contribution in [2.24, 2.45) is 0 Å². The zero-order valence-electron chi connectivity index (χ0n) is 14.6. The number of hydrogen-bond donors (Lipinski definition) is 1. The first-order valence-corrected chi connectivity index (χ1v) is 9.01. The van der Waals surface area contributed by atoms with Crippen molar-refractivity contribution in [2.75, 3.05) is 18.4 Å². The minimum absolute atomic E-state index is 0.00521. The number of hydrogen-bond acceptors (Lipinski definition) is 3. The van der Waals surface area contributed by atoms with Gasteiger partial charge in [-0.3, -0.25) is 9.59 Å². The molecule has 2 aliphatic heterocycles. The monoisotopic (exact) mass is 347 g/mol. The van der Waals surface area contributed by atoms with Gasteiger partial charge in [-0.25, -0.2) is 4.98 Å². The molecule has 2 amide bonds. The molecule has 5 heteroatoms. The predicted molar refractivity (Wildman–Crippen MR) is 101 cm³/mol. The van der Waals surface area contributed by atoms with E-state index in [2.05, 4.69) is 34.6 Å². The van der Waals surface area contributed by atoms with Crippen LogP contribution in [0.4, 0.5) is 5.82 Å². The molecule has 1 N–H and O–H groups in total. The van der Waals surface area contributed by atoms with E-state index in [1.165, 1.54) is 11.1 Å². The lowest BCUT2D eigenvalue weighted by molar-refractivity contribution is -0.125. The smallest absolute Gasteiger partial charge is 0.246 e. The number of carbonyl (C=O) groups excluding carboxylic acids is 2. The molecule has 1 aromatic heterocycles. The second-order valence-electron chi connectivity index (χ2n) is 6.75. The summed E-state index contributed by atoms with van der Waals surface area (Å²) >= 11 is 0. The number of nitrogens with zero attached hydrogens (tertiary/aromatic N) is 2. The van der Waals surface area contributed by atoms with Crippen molar-refractivity contribution in [3.63, 3.8) is 0 Å². The van der Waals surface area contributed by atoms with Crippen LogP contribution in [0, 0.1) is 0 Å². The van der Waals surface area contributed by atoms with Crippen molar-refractivity contribution in [3.05, 3.63) is 64.9 Å². The fourth-order valence-corrected chi connectivity index (χ4v) is 3.53. The van der Waals surface area contributed by atoms with Crippen LogP contribution in [0.2, 0.25) is 0 Å². The predicted octanol–water partition coefficient (Wildman–Crippen LogP) is 2.61. The molecule has 3 heterocycles. The van der Waals surface area contributed by atoms with Gasteiger partial charge in [0.1, 0.15) is 5.82 Å². The normalized spacial score (nSPS) is 16.6. The molecule has 132 valence electrons. The number of benzene rings is 1. The molecule has 4 rings (SSSR count). The maximum atomic E-state index is 12.6. The molecule has 26 heavy (non-hydrogen) atoms. The SMILES string of the molecule is O=C1CCc2cc(/C=C/C(=O)N3CCc4ccccc4CC3)cnc2N1. The maximum absolute atomic E-state index is 12.6. The van der Waals surface area contributed by atoms with Gasteiger partial charge in [0.25, 0.3) is 0 Å². The lowest BCUT2D eigenvalue weighted by Crippen LogP contribution is -2.31. The number of amides is 2. The van der Waals surface area contributed by atoms with Gasteiger partial charge in [-0.1, -0.05) is 24.3 Å². The largest absolute Gasteiger partial charge is 0.338 e. The third kappa shape index (κ3) is 3.52. The molecule has 0 aliphatic carbocycles. The Balaban J connectivity index is 1.43. The Morgan fingerprint density at radius 2 is 1.77 bits per heavy atom. The Labute approximate surface area is 152 Å². The fraction of sp³-hybridized carbons (Fsp3) is 0.286. The van der Waals surface area contributed by atoms with Crippen molar-refractivity contribution >= 4 is 23.7 Å². The highest BCUT2D eigenvalue weighted by Gasteiger charge is 2.17. The first kappa shape index (κ1) is 16.5. The van der Waals surface area contributed by atoms with Crippen molar-refractivity contribution in [1.29, 1.82) is 0 Å². The summed E-state index contributed by atoms with van der Waals surface area (Å²) in [7, 11) is 0. The fourth-order valence-electron chi connectivity index (χ4n) is 3.53. The summed E-state index contributed by atoms with van der Waals surface area (Å²) in [6.45, 7) is 1.49. The van der Waals surface area contributed by atoms with Gasteiger partial charge in [0.2, 0.25) is 11.8 Å². The first-order valence-electron chi connectivity index (χ1n) is 9.01. The van der Waals surface area contributed by atoms with Crippen LogP contribution in [0.5, 0.6) is 0 Å². The molecule has 0 saturated heterocycles. The minimum Gasteiger partial charge on any atom is -0.338 e. The van der Waals surface area contributed by atoms with Crippen LogP contribution < -0.4 is 5.32 Å². The van der Waals surface area contributed by atoms with E-state index in [9.17, 15) is 9.59 Å². The number of fused-ring (bicyclic) bond motifs is 2. The molecule has 0 spiro atoms. The summed E-state index contributed by atoms with van der Waals surface area (Å²) in [5.74, 6) is 0.671. The van der Waals surface area contributed by atoms with Gasteiger partial charge in [-0.05, 0) is 53.7 Å². The van der Waals surface area contributed by atoms with E-state index in [0.717, 1.165) is 37.1 Å². The van der Waals surface area contributed by atoms with E-state index in [-0.39, 0.29) is 11.8 Å². The lowest BCUT2D eigenvalue weighted by Gasteiger charge is -2.18. The Kier molecular flexibility index (Phi) is 4.52. The van der Waals surface area contributed by atoms with Gasteiger partial charge in [0.15, 0.2) is 0 Å². The highest BCUT2D eigenvalue weighted by Crippen LogP contribution is 2.21.